The first-order chi connectivity index (χ1) is 8.36. The summed E-state index contributed by atoms with van der Waals surface area (Å²) in [6.45, 7) is 2.19. The second-order valence-corrected chi connectivity index (χ2v) is 3.79. The van der Waals surface area contributed by atoms with Crippen molar-refractivity contribution >= 4 is 18.0 Å². The minimum atomic E-state index is -1.45. The molecular formula is C10H18N2O6. The second kappa shape index (κ2) is 8.29. The number of rotatable bonds is 8. The van der Waals surface area contributed by atoms with Crippen LogP contribution in [0.25, 0.3) is 0 Å². The van der Waals surface area contributed by atoms with Gasteiger partial charge in [0.05, 0.1) is 6.42 Å². The Labute approximate surface area is 104 Å². The van der Waals surface area contributed by atoms with Crippen LogP contribution in [0.1, 0.15) is 19.8 Å². The van der Waals surface area contributed by atoms with E-state index in [4.69, 9.17) is 14.9 Å². The molecule has 0 aliphatic carbocycles. The molecule has 2 unspecified atom stereocenters. The average Bonchev–Trinajstić information content (AvgIpc) is 2.24. The lowest BCUT2D eigenvalue weighted by Gasteiger charge is -2.17. The zero-order valence-electron chi connectivity index (χ0n) is 10.3. The van der Waals surface area contributed by atoms with Crippen LogP contribution in [0.3, 0.4) is 0 Å². The molecule has 0 rings (SSSR count). The lowest BCUT2D eigenvalue weighted by Crippen LogP contribution is -2.49. The molecule has 0 aromatic carbocycles. The summed E-state index contributed by atoms with van der Waals surface area (Å²) in [4.78, 5) is 32.5. The minimum Gasteiger partial charge on any atom is -0.481 e. The highest BCUT2D eigenvalue weighted by Gasteiger charge is 2.23. The number of hydrogen-bond donors (Lipinski definition) is 4. The van der Waals surface area contributed by atoms with E-state index in [1.165, 1.54) is 7.11 Å². The number of aliphatic carboxylic acids is 2. The summed E-state index contributed by atoms with van der Waals surface area (Å²) in [5.74, 6) is -2.69. The van der Waals surface area contributed by atoms with Gasteiger partial charge in [-0.15, -0.1) is 0 Å². The number of carbonyl (C=O) groups excluding carboxylic acids is 1. The van der Waals surface area contributed by atoms with Crippen LogP contribution in [0.2, 0.25) is 0 Å². The number of nitrogens with one attached hydrogen (secondary N) is 2. The van der Waals surface area contributed by atoms with Gasteiger partial charge in [0.1, 0.15) is 6.04 Å². The molecule has 0 bridgehead atoms. The number of amides is 2. The number of hydrogen-bond acceptors (Lipinski definition) is 4. The van der Waals surface area contributed by atoms with E-state index in [2.05, 4.69) is 10.6 Å². The van der Waals surface area contributed by atoms with E-state index in [0.29, 0.717) is 13.0 Å². The van der Waals surface area contributed by atoms with Gasteiger partial charge in [0, 0.05) is 19.8 Å². The molecule has 0 spiro atoms. The molecule has 8 nitrogen and oxygen atoms in total. The predicted molar refractivity (Wildman–Crippen MR) is 61.3 cm³/mol. The Balaban J connectivity index is 4.17. The summed E-state index contributed by atoms with van der Waals surface area (Å²) >= 11 is 0. The Kier molecular flexibility index (Phi) is 7.45. The quantitative estimate of drug-likeness (QED) is 0.473. The third kappa shape index (κ3) is 7.44. The molecule has 0 aliphatic rings. The van der Waals surface area contributed by atoms with Crippen molar-refractivity contribution in [3.05, 3.63) is 0 Å². The molecule has 0 aromatic heterocycles. The lowest BCUT2D eigenvalue weighted by molar-refractivity contribution is -0.145. The zero-order chi connectivity index (χ0) is 14.1. The topological polar surface area (TPSA) is 125 Å². The highest BCUT2D eigenvalue weighted by atomic mass is 16.5. The van der Waals surface area contributed by atoms with Gasteiger partial charge in [-0.25, -0.2) is 9.59 Å². The van der Waals surface area contributed by atoms with Gasteiger partial charge in [-0.05, 0) is 13.3 Å². The van der Waals surface area contributed by atoms with E-state index in [1.807, 2.05) is 0 Å². The van der Waals surface area contributed by atoms with Crippen molar-refractivity contribution in [2.75, 3.05) is 13.7 Å². The molecule has 18 heavy (non-hydrogen) atoms. The second-order valence-electron chi connectivity index (χ2n) is 3.79. The van der Waals surface area contributed by atoms with E-state index in [9.17, 15) is 14.4 Å². The molecule has 4 N–H and O–H groups in total. The monoisotopic (exact) mass is 262 g/mol. The number of carboxylic acids is 2. The molecular weight excluding hydrogens is 244 g/mol. The van der Waals surface area contributed by atoms with Gasteiger partial charge in [-0.3, -0.25) is 4.79 Å². The third-order valence-electron chi connectivity index (χ3n) is 2.11. The molecule has 0 saturated carbocycles. The van der Waals surface area contributed by atoms with Crippen LogP contribution >= 0.6 is 0 Å². The average molecular weight is 262 g/mol. The SMILES string of the molecule is COCCC(C)NC(=O)NC(CC(=O)O)C(=O)O. The summed E-state index contributed by atoms with van der Waals surface area (Å²) in [6.07, 6.45) is -0.101. The summed E-state index contributed by atoms with van der Waals surface area (Å²) in [6, 6.07) is -2.37. The maximum absolute atomic E-state index is 11.4. The fourth-order valence-electron chi connectivity index (χ4n) is 1.17. The zero-order valence-corrected chi connectivity index (χ0v) is 10.3. The van der Waals surface area contributed by atoms with Crippen molar-refractivity contribution in [1.82, 2.24) is 10.6 Å². The van der Waals surface area contributed by atoms with Gasteiger partial charge in [0.15, 0.2) is 0 Å². The molecule has 8 heteroatoms. The minimum absolute atomic E-state index is 0.204. The Hall–Kier alpha value is -1.83. The first-order valence-electron chi connectivity index (χ1n) is 5.37. The van der Waals surface area contributed by atoms with Crippen molar-refractivity contribution in [2.24, 2.45) is 0 Å². The van der Waals surface area contributed by atoms with Gasteiger partial charge in [0.2, 0.25) is 0 Å². The first kappa shape index (κ1) is 16.2. The smallest absolute Gasteiger partial charge is 0.326 e. The van der Waals surface area contributed by atoms with Gasteiger partial charge < -0.3 is 25.6 Å². The summed E-state index contributed by atoms with van der Waals surface area (Å²) < 4.78 is 4.82. The van der Waals surface area contributed by atoms with Crippen molar-refractivity contribution in [2.45, 2.75) is 31.8 Å². The molecule has 0 radical (unpaired) electrons. The van der Waals surface area contributed by atoms with Gasteiger partial charge in [-0.2, -0.15) is 0 Å². The van der Waals surface area contributed by atoms with Crippen LogP contribution < -0.4 is 10.6 Å². The molecule has 104 valence electrons. The maximum Gasteiger partial charge on any atom is 0.326 e. The summed E-state index contributed by atoms with van der Waals surface area (Å²) in [7, 11) is 1.53. The highest BCUT2D eigenvalue weighted by Crippen LogP contribution is 1.95. The Morgan fingerprint density at radius 2 is 1.83 bits per heavy atom. The van der Waals surface area contributed by atoms with Gasteiger partial charge in [-0.1, -0.05) is 0 Å². The standard InChI is InChI=1S/C10H18N2O6/c1-6(3-4-18-2)11-10(17)12-7(9(15)16)5-8(13)14/h6-7H,3-5H2,1-2H3,(H,13,14)(H,15,16)(H2,11,12,17). The number of carboxylic acid groups (broad SMARTS) is 2. The van der Waals surface area contributed by atoms with Crippen LogP contribution in [0.5, 0.6) is 0 Å². The molecule has 0 aromatic rings. The van der Waals surface area contributed by atoms with Crippen molar-refractivity contribution in [1.29, 1.82) is 0 Å². The molecule has 0 heterocycles. The van der Waals surface area contributed by atoms with Crippen LogP contribution in [0.4, 0.5) is 4.79 Å². The maximum atomic E-state index is 11.4. The van der Waals surface area contributed by atoms with Crippen LogP contribution in [-0.2, 0) is 14.3 Å². The van der Waals surface area contributed by atoms with Gasteiger partial charge >= 0.3 is 18.0 Å². The van der Waals surface area contributed by atoms with E-state index in [-0.39, 0.29) is 6.04 Å². The van der Waals surface area contributed by atoms with Crippen molar-refractivity contribution < 1.29 is 29.3 Å². The largest absolute Gasteiger partial charge is 0.481 e. The molecule has 0 saturated heterocycles. The normalized spacial score (nSPS) is 13.4. The number of urea groups is 1. The van der Waals surface area contributed by atoms with Gasteiger partial charge in [0.25, 0.3) is 0 Å². The molecule has 2 atom stereocenters. The van der Waals surface area contributed by atoms with Crippen molar-refractivity contribution in [3.8, 4) is 0 Å². The fraction of sp³-hybridized carbons (Fsp3) is 0.700. The van der Waals surface area contributed by atoms with E-state index >= 15 is 0 Å². The van der Waals surface area contributed by atoms with Crippen molar-refractivity contribution in [3.63, 3.8) is 0 Å². The fourth-order valence-corrected chi connectivity index (χ4v) is 1.17. The Morgan fingerprint density at radius 3 is 2.28 bits per heavy atom. The summed E-state index contributed by atoms with van der Waals surface area (Å²) in [5, 5.41) is 21.8. The molecule has 2 amide bonds. The molecule has 0 aliphatic heterocycles. The van der Waals surface area contributed by atoms with E-state index < -0.39 is 30.4 Å². The van der Waals surface area contributed by atoms with Crippen LogP contribution in [0, 0.1) is 0 Å². The lowest BCUT2D eigenvalue weighted by atomic mass is 10.2. The number of methoxy groups -OCH3 is 1. The van der Waals surface area contributed by atoms with Crippen LogP contribution in [-0.4, -0.2) is 54.0 Å². The van der Waals surface area contributed by atoms with Crippen LogP contribution in [0.15, 0.2) is 0 Å². The predicted octanol–water partition coefficient (Wildman–Crippen LogP) is -0.361. The number of ether oxygens (including phenoxy) is 1. The first-order valence-corrected chi connectivity index (χ1v) is 5.37. The number of carbonyl (C=O) groups is 3. The van der Waals surface area contributed by atoms with E-state index in [1.54, 1.807) is 6.92 Å². The summed E-state index contributed by atoms with van der Waals surface area (Å²) in [5.41, 5.74) is 0. The third-order valence-corrected chi connectivity index (χ3v) is 2.11. The van der Waals surface area contributed by atoms with E-state index in [0.717, 1.165) is 0 Å². The highest BCUT2D eigenvalue weighted by molar-refractivity contribution is 5.86. The Morgan fingerprint density at radius 1 is 1.22 bits per heavy atom. The Bertz CT molecular complexity index is 307. The molecule has 0 fully saturated rings.